The van der Waals surface area contributed by atoms with Crippen LogP contribution in [0.2, 0.25) is 0 Å². The summed E-state index contributed by atoms with van der Waals surface area (Å²) in [5, 5.41) is -1.29. The van der Waals surface area contributed by atoms with Crippen molar-refractivity contribution in [3.8, 4) is 0 Å². The summed E-state index contributed by atoms with van der Waals surface area (Å²) in [6, 6.07) is 12.5. The van der Waals surface area contributed by atoms with Crippen molar-refractivity contribution in [1.82, 2.24) is 0 Å². The van der Waals surface area contributed by atoms with Crippen LogP contribution < -0.4 is 0 Å². The smallest absolute Gasteiger partial charge is 0.291 e. The van der Waals surface area contributed by atoms with E-state index in [1.54, 1.807) is 12.1 Å². The zero-order valence-electron chi connectivity index (χ0n) is 11.3. The fraction of sp³-hybridized carbons (Fsp3) is 0.125. The van der Waals surface area contributed by atoms with Crippen molar-refractivity contribution in [2.75, 3.05) is 0 Å². The van der Waals surface area contributed by atoms with Crippen LogP contribution in [-0.2, 0) is 9.84 Å². The number of hydrogen-bond donors (Lipinski definition) is 0. The Labute approximate surface area is 124 Å². The minimum absolute atomic E-state index is 0.128. The van der Waals surface area contributed by atoms with Crippen LogP contribution in [0.25, 0.3) is 9.69 Å². The normalized spacial score (nSPS) is 12.1. The van der Waals surface area contributed by atoms with Crippen LogP contribution in [0, 0.1) is 20.1 Å². The van der Waals surface area contributed by atoms with Gasteiger partial charge < -0.3 is 0 Å². The number of aryl methyl sites for hydroxylation is 1. The van der Waals surface area contributed by atoms with Crippen LogP contribution in [0.15, 0.2) is 53.4 Å². The molecule has 1 atom stereocenters. The van der Waals surface area contributed by atoms with Gasteiger partial charge in [-0.2, -0.15) is 0 Å². The molecule has 104 valence electrons. The predicted molar refractivity (Wildman–Crippen MR) is 80.4 cm³/mol. The van der Waals surface area contributed by atoms with Gasteiger partial charge in [0.2, 0.25) is 0 Å². The molecule has 0 N–H and O–H groups in total. The average Bonchev–Trinajstić information content (AvgIpc) is 2.49. The minimum atomic E-state index is -3.77. The van der Waals surface area contributed by atoms with Crippen LogP contribution in [0.5, 0.6) is 0 Å². The van der Waals surface area contributed by atoms with Gasteiger partial charge in [0.1, 0.15) is 0 Å². The molecule has 0 saturated carbocycles. The first-order valence-corrected chi connectivity index (χ1v) is 7.68. The molecule has 0 amide bonds. The number of rotatable bonds is 3. The lowest BCUT2D eigenvalue weighted by atomic mass is 10.2. The van der Waals surface area contributed by atoms with Gasteiger partial charge in [-0.15, -0.1) is 0 Å². The molecule has 0 bridgehead atoms. The molecule has 0 aliphatic heterocycles. The average molecular weight is 296 g/mol. The third kappa shape index (κ3) is 2.94. The summed E-state index contributed by atoms with van der Waals surface area (Å²) in [6.45, 7) is 16.0. The van der Waals surface area contributed by atoms with E-state index >= 15 is 0 Å². The van der Waals surface area contributed by atoms with E-state index in [0.717, 1.165) is 5.56 Å². The second-order valence-electron chi connectivity index (χ2n) is 4.54. The highest BCUT2D eigenvalue weighted by molar-refractivity contribution is 7.91. The molecule has 0 radical (unpaired) electrons. The number of nitrogens with zero attached hydrogens (tertiary/aromatic N) is 2. The summed E-state index contributed by atoms with van der Waals surface area (Å²) >= 11 is 0. The lowest BCUT2D eigenvalue weighted by Crippen LogP contribution is -2.10. The second-order valence-corrected chi connectivity index (χ2v) is 6.55. The SMILES string of the molecule is [C-]#[N+]c1ccc(C([N+]#[C-])S(=O)(=O)c2ccc(C)cc2)cc1. The molecule has 0 spiro atoms. The molecule has 0 aliphatic carbocycles. The van der Waals surface area contributed by atoms with Gasteiger partial charge in [0.25, 0.3) is 9.84 Å². The standard InChI is InChI=1S/C16H12N2O2S/c1-12-4-10-15(11-5-12)21(19,20)16(18-3)13-6-8-14(17-2)9-7-13/h4-11,16H,1H3. The van der Waals surface area contributed by atoms with Crippen molar-refractivity contribution in [2.24, 2.45) is 0 Å². The molecule has 5 heteroatoms. The third-order valence-corrected chi connectivity index (χ3v) is 4.96. The molecule has 2 rings (SSSR count). The molecule has 2 aromatic carbocycles. The van der Waals surface area contributed by atoms with E-state index in [2.05, 4.69) is 9.69 Å². The first-order chi connectivity index (χ1) is 9.98. The van der Waals surface area contributed by atoms with Gasteiger partial charge in [-0.05, 0) is 19.1 Å². The Hall–Kier alpha value is -2.63. The van der Waals surface area contributed by atoms with Crippen molar-refractivity contribution in [1.29, 1.82) is 0 Å². The van der Waals surface area contributed by atoms with E-state index < -0.39 is 15.2 Å². The Bertz CT molecular complexity index is 824. The molecule has 0 aliphatic rings. The Balaban J connectivity index is 2.47. The highest BCUT2D eigenvalue weighted by Crippen LogP contribution is 2.31. The molecule has 0 heterocycles. The summed E-state index contributed by atoms with van der Waals surface area (Å²) in [6.07, 6.45) is 0. The van der Waals surface area contributed by atoms with Gasteiger partial charge in [-0.25, -0.2) is 19.8 Å². The fourth-order valence-electron chi connectivity index (χ4n) is 1.89. The van der Waals surface area contributed by atoms with E-state index in [4.69, 9.17) is 13.1 Å². The van der Waals surface area contributed by atoms with Gasteiger partial charge >= 0.3 is 5.37 Å². The van der Waals surface area contributed by atoms with E-state index in [1.807, 2.05) is 6.92 Å². The van der Waals surface area contributed by atoms with Crippen LogP contribution in [0.1, 0.15) is 16.5 Å². The Morgan fingerprint density at radius 1 is 0.952 bits per heavy atom. The monoisotopic (exact) mass is 296 g/mol. The molecular weight excluding hydrogens is 284 g/mol. The maximum atomic E-state index is 12.6. The van der Waals surface area contributed by atoms with Gasteiger partial charge in [-0.3, -0.25) is 4.85 Å². The van der Waals surface area contributed by atoms with Crippen molar-refractivity contribution in [3.05, 3.63) is 82.5 Å². The number of sulfone groups is 1. The summed E-state index contributed by atoms with van der Waals surface area (Å²) < 4.78 is 25.1. The quantitative estimate of drug-likeness (QED) is 0.805. The second kappa shape index (κ2) is 5.78. The first kappa shape index (κ1) is 14.8. The maximum Gasteiger partial charge on any atom is 0.350 e. The van der Waals surface area contributed by atoms with Gasteiger partial charge in [-0.1, -0.05) is 42.0 Å². The molecule has 1 unspecified atom stereocenters. The van der Waals surface area contributed by atoms with Crippen LogP contribution in [0.4, 0.5) is 5.69 Å². The zero-order valence-corrected chi connectivity index (χ0v) is 12.1. The number of hydrogen-bond acceptors (Lipinski definition) is 2. The molecule has 4 nitrogen and oxygen atoms in total. The third-order valence-electron chi connectivity index (χ3n) is 3.07. The highest BCUT2D eigenvalue weighted by atomic mass is 32.2. The molecule has 21 heavy (non-hydrogen) atoms. The lowest BCUT2D eigenvalue weighted by molar-refractivity contribution is 0.590. The van der Waals surface area contributed by atoms with Crippen LogP contribution in [0.3, 0.4) is 0 Å². The molecule has 0 aromatic heterocycles. The Morgan fingerprint density at radius 2 is 1.52 bits per heavy atom. The lowest BCUT2D eigenvalue weighted by Gasteiger charge is -2.08. The molecule has 0 fully saturated rings. The maximum absolute atomic E-state index is 12.6. The summed E-state index contributed by atoms with van der Waals surface area (Å²) in [4.78, 5) is 6.65. The summed E-state index contributed by atoms with van der Waals surface area (Å²) in [5.41, 5.74) is 1.74. The Morgan fingerprint density at radius 3 is 2.00 bits per heavy atom. The molecule has 2 aromatic rings. The van der Waals surface area contributed by atoms with Crippen molar-refractivity contribution in [2.45, 2.75) is 17.2 Å². The first-order valence-electron chi connectivity index (χ1n) is 6.13. The highest BCUT2D eigenvalue weighted by Gasteiger charge is 2.34. The molecule has 0 saturated heterocycles. The van der Waals surface area contributed by atoms with E-state index in [0.29, 0.717) is 11.3 Å². The van der Waals surface area contributed by atoms with Crippen molar-refractivity contribution in [3.63, 3.8) is 0 Å². The Kier molecular flexibility index (Phi) is 4.07. The van der Waals surface area contributed by atoms with Crippen molar-refractivity contribution >= 4 is 15.5 Å². The zero-order chi connectivity index (χ0) is 15.5. The van der Waals surface area contributed by atoms with Gasteiger partial charge in [0, 0.05) is 5.56 Å². The topological polar surface area (TPSA) is 42.9 Å². The predicted octanol–water partition coefficient (Wildman–Crippen LogP) is 3.94. The minimum Gasteiger partial charge on any atom is -0.291 e. The molecular formula is C16H12N2O2S. The van der Waals surface area contributed by atoms with Crippen LogP contribution in [-0.4, -0.2) is 8.42 Å². The van der Waals surface area contributed by atoms with E-state index in [-0.39, 0.29) is 4.90 Å². The van der Waals surface area contributed by atoms with E-state index in [9.17, 15) is 8.42 Å². The fourth-order valence-corrected chi connectivity index (χ4v) is 3.32. The summed E-state index contributed by atoms with van der Waals surface area (Å²) in [7, 11) is -3.77. The largest absolute Gasteiger partial charge is 0.350 e. The van der Waals surface area contributed by atoms with Crippen molar-refractivity contribution < 1.29 is 8.42 Å². The van der Waals surface area contributed by atoms with Crippen LogP contribution >= 0.6 is 0 Å². The van der Waals surface area contributed by atoms with Gasteiger partial charge in [0.05, 0.1) is 11.5 Å². The van der Waals surface area contributed by atoms with E-state index in [1.165, 1.54) is 36.4 Å². The summed E-state index contributed by atoms with van der Waals surface area (Å²) in [5.74, 6) is 0. The number of benzene rings is 2. The van der Waals surface area contributed by atoms with Gasteiger partial charge in [0.15, 0.2) is 5.69 Å².